The van der Waals surface area contributed by atoms with Gasteiger partial charge >= 0.3 is 0 Å². The molecule has 5 heteroatoms. The van der Waals surface area contributed by atoms with Crippen LogP contribution in [-0.2, 0) is 10.0 Å². The molecule has 0 radical (unpaired) electrons. The molecule has 0 spiro atoms. The molecule has 10 heavy (non-hydrogen) atoms. The van der Waals surface area contributed by atoms with Crippen LogP contribution in [0.5, 0.6) is 0 Å². The van der Waals surface area contributed by atoms with Gasteiger partial charge in [-0.1, -0.05) is 0 Å². The number of primary sulfonamides is 1. The Hall–Kier alpha value is -0.130. The van der Waals surface area contributed by atoms with Crippen LogP contribution in [0.1, 0.15) is 12.8 Å². The normalized spacial score (nSPS) is 21.7. The van der Waals surface area contributed by atoms with Gasteiger partial charge in [-0.3, -0.25) is 4.90 Å². The van der Waals surface area contributed by atoms with E-state index in [4.69, 9.17) is 5.14 Å². The summed E-state index contributed by atoms with van der Waals surface area (Å²) in [6.45, 7) is 1.74. The van der Waals surface area contributed by atoms with Crippen molar-refractivity contribution in [3.63, 3.8) is 0 Å². The van der Waals surface area contributed by atoms with Crippen molar-refractivity contribution in [2.75, 3.05) is 19.0 Å². The van der Waals surface area contributed by atoms with Crippen molar-refractivity contribution in [2.24, 2.45) is 5.14 Å². The molecule has 1 rings (SSSR count). The van der Waals surface area contributed by atoms with Gasteiger partial charge in [0.1, 0.15) is 5.88 Å². The summed E-state index contributed by atoms with van der Waals surface area (Å²) in [5.41, 5.74) is 0. The average molecular weight is 164 g/mol. The van der Waals surface area contributed by atoms with Gasteiger partial charge in [-0.2, -0.15) is 0 Å². The van der Waals surface area contributed by atoms with Gasteiger partial charge in [0.05, 0.1) is 0 Å². The quantitative estimate of drug-likeness (QED) is 0.588. The van der Waals surface area contributed by atoms with Gasteiger partial charge in [0.15, 0.2) is 0 Å². The van der Waals surface area contributed by atoms with Crippen LogP contribution in [0.25, 0.3) is 0 Å². The molecule has 0 aromatic carbocycles. The number of nitrogens with two attached hydrogens (primary N) is 1. The molecule has 1 aliphatic rings. The lowest BCUT2D eigenvalue weighted by atomic mass is 10.4. The fourth-order valence-corrected chi connectivity index (χ4v) is 1.93. The first kappa shape index (κ1) is 7.97. The van der Waals surface area contributed by atoms with Crippen molar-refractivity contribution in [3.05, 3.63) is 0 Å². The van der Waals surface area contributed by atoms with E-state index in [1.54, 1.807) is 0 Å². The van der Waals surface area contributed by atoms with E-state index in [-0.39, 0.29) is 5.88 Å². The summed E-state index contributed by atoms with van der Waals surface area (Å²) in [6, 6.07) is 0. The third-order valence-electron chi connectivity index (χ3n) is 1.56. The molecule has 1 fully saturated rings. The van der Waals surface area contributed by atoms with Gasteiger partial charge in [0.25, 0.3) is 0 Å². The molecule has 1 saturated heterocycles. The Bertz CT molecular complexity index is 194. The lowest BCUT2D eigenvalue weighted by Crippen LogP contribution is -2.31. The lowest BCUT2D eigenvalue weighted by Gasteiger charge is -2.11. The number of rotatable bonds is 2. The predicted molar refractivity (Wildman–Crippen MR) is 38.8 cm³/mol. The van der Waals surface area contributed by atoms with E-state index in [1.807, 2.05) is 4.90 Å². The number of hydrogen-bond donors (Lipinski definition) is 1. The predicted octanol–water partition coefficient (Wildman–Crippen LogP) is -0.672. The molecular weight excluding hydrogens is 152 g/mol. The molecule has 0 aromatic heterocycles. The summed E-state index contributed by atoms with van der Waals surface area (Å²) in [5, 5.41) is 4.85. The molecule has 60 valence electrons. The third kappa shape index (κ3) is 2.64. The van der Waals surface area contributed by atoms with Crippen molar-refractivity contribution in [2.45, 2.75) is 12.8 Å². The van der Waals surface area contributed by atoms with Crippen molar-refractivity contribution in [1.82, 2.24) is 4.90 Å². The smallest absolute Gasteiger partial charge is 0.222 e. The Morgan fingerprint density at radius 2 is 1.80 bits per heavy atom. The fourth-order valence-electron chi connectivity index (χ4n) is 1.17. The highest BCUT2D eigenvalue weighted by atomic mass is 32.2. The maximum Gasteiger partial charge on any atom is 0.222 e. The van der Waals surface area contributed by atoms with Crippen molar-refractivity contribution < 1.29 is 8.42 Å². The van der Waals surface area contributed by atoms with E-state index in [0.29, 0.717) is 0 Å². The van der Waals surface area contributed by atoms with Gasteiger partial charge in [0, 0.05) is 0 Å². The van der Waals surface area contributed by atoms with Gasteiger partial charge in [-0.15, -0.1) is 0 Å². The largest absolute Gasteiger partial charge is 0.289 e. The summed E-state index contributed by atoms with van der Waals surface area (Å²) in [4.78, 5) is 1.86. The first-order valence-electron chi connectivity index (χ1n) is 3.31. The topological polar surface area (TPSA) is 63.4 Å². The highest BCUT2D eigenvalue weighted by Gasteiger charge is 2.15. The maximum absolute atomic E-state index is 10.5. The molecular formula is C5H12N2O2S. The van der Waals surface area contributed by atoms with Gasteiger partial charge in [-0.25, -0.2) is 13.6 Å². The van der Waals surface area contributed by atoms with Crippen molar-refractivity contribution in [1.29, 1.82) is 0 Å². The molecule has 2 N–H and O–H groups in total. The molecule has 0 aliphatic carbocycles. The van der Waals surface area contributed by atoms with Crippen molar-refractivity contribution in [3.8, 4) is 0 Å². The van der Waals surface area contributed by atoms with Crippen LogP contribution < -0.4 is 5.14 Å². The van der Waals surface area contributed by atoms with Crippen LogP contribution in [0.3, 0.4) is 0 Å². The summed E-state index contributed by atoms with van der Waals surface area (Å²) in [7, 11) is -3.28. The number of sulfonamides is 1. The van der Waals surface area contributed by atoms with Gasteiger partial charge < -0.3 is 0 Å². The molecule has 0 atom stereocenters. The van der Waals surface area contributed by atoms with Crippen LogP contribution in [0, 0.1) is 0 Å². The molecule has 4 nitrogen and oxygen atoms in total. The van der Waals surface area contributed by atoms with Crippen molar-refractivity contribution >= 4 is 10.0 Å². The average Bonchev–Trinajstić information content (AvgIpc) is 2.12. The Morgan fingerprint density at radius 1 is 1.30 bits per heavy atom. The Morgan fingerprint density at radius 3 is 2.20 bits per heavy atom. The van der Waals surface area contributed by atoms with E-state index in [2.05, 4.69) is 0 Å². The standard InChI is InChI=1S/C5H12N2O2S/c6-10(8,9)5-7-3-1-2-4-7/h1-5H2,(H2,6,8,9). The zero-order valence-electron chi connectivity index (χ0n) is 5.78. The van der Waals surface area contributed by atoms with Crippen LogP contribution in [-0.4, -0.2) is 32.3 Å². The molecule has 0 unspecified atom stereocenters. The summed E-state index contributed by atoms with van der Waals surface area (Å²) < 4.78 is 21.0. The SMILES string of the molecule is NS(=O)(=O)CN1CCCC1. The zero-order chi connectivity index (χ0) is 7.61. The third-order valence-corrected chi connectivity index (χ3v) is 2.29. The second-order valence-electron chi connectivity index (χ2n) is 2.62. The Kier molecular flexibility index (Phi) is 2.28. The zero-order valence-corrected chi connectivity index (χ0v) is 6.60. The summed E-state index contributed by atoms with van der Waals surface area (Å²) in [6.07, 6.45) is 2.19. The molecule has 1 heterocycles. The molecule has 0 aromatic rings. The Balaban J connectivity index is 2.38. The molecule has 0 saturated carbocycles. The van der Waals surface area contributed by atoms with Crippen LogP contribution in [0.2, 0.25) is 0 Å². The van der Waals surface area contributed by atoms with E-state index in [9.17, 15) is 8.42 Å². The first-order chi connectivity index (χ1) is 4.58. The van der Waals surface area contributed by atoms with E-state index < -0.39 is 10.0 Å². The maximum atomic E-state index is 10.5. The highest BCUT2D eigenvalue weighted by Crippen LogP contribution is 2.06. The van der Waals surface area contributed by atoms with E-state index >= 15 is 0 Å². The minimum atomic E-state index is -3.28. The molecule has 1 aliphatic heterocycles. The van der Waals surface area contributed by atoms with E-state index in [0.717, 1.165) is 25.9 Å². The summed E-state index contributed by atoms with van der Waals surface area (Å²) >= 11 is 0. The number of nitrogens with zero attached hydrogens (tertiary/aromatic N) is 1. The second kappa shape index (κ2) is 2.86. The minimum Gasteiger partial charge on any atom is -0.289 e. The first-order valence-corrected chi connectivity index (χ1v) is 5.02. The van der Waals surface area contributed by atoms with Gasteiger partial charge in [0.2, 0.25) is 10.0 Å². The Labute approximate surface area is 61.1 Å². The monoisotopic (exact) mass is 164 g/mol. The van der Waals surface area contributed by atoms with Crippen LogP contribution in [0.4, 0.5) is 0 Å². The van der Waals surface area contributed by atoms with Crippen LogP contribution >= 0.6 is 0 Å². The minimum absolute atomic E-state index is 0.0208. The fraction of sp³-hybridized carbons (Fsp3) is 1.00. The lowest BCUT2D eigenvalue weighted by molar-refractivity contribution is 0.388. The van der Waals surface area contributed by atoms with E-state index in [1.165, 1.54) is 0 Å². The summed E-state index contributed by atoms with van der Waals surface area (Å²) in [5.74, 6) is 0.0208. The highest BCUT2D eigenvalue weighted by molar-refractivity contribution is 7.89. The number of hydrogen-bond acceptors (Lipinski definition) is 3. The van der Waals surface area contributed by atoms with Crippen LogP contribution in [0.15, 0.2) is 0 Å². The molecule has 0 amide bonds. The molecule has 0 bridgehead atoms. The van der Waals surface area contributed by atoms with Gasteiger partial charge in [-0.05, 0) is 25.9 Å². The number of likely N-dealkylation sites (tertiary alicyclic amines) is 1. The second-order valence-corrected chi connectivity index (χ2v) is 4.20.